The van der Waals surface area contributed by atoms with Gasteiger partial charge in [-0.3, -0.25) is 0 Å². The molecule has 0 fully saturated rings. The van der Waals surface area contributed by atoms with E-state index in [1.807, 2.05) is 12.1 Å². The van der Waals surface area contributed by atoms with Crippen LogP contribution in [-0.2, 0) is 6.42 Å². The van der Waals surface area contributed by atoms with Gasteiger partial charge in [0.2, 0.25) is 0 Å². The Bertz CT molecular complexity index is 518. The van der Waals surface area contributed by atoms with Gasteiger partial charge in [0, 0.05) is 0 Å². The van der Waals surface area contributed by atoms with Gasteiger partial charge < -0.3 is 15.3 Å². The van der Waals surface area contributed by atoms with Crippen molar-refractivity contribution in [1.29, 1.82) is 0 Å². The van der Waals surface area contributed by atoms with Gasteiger partial charge in [0.25, 0.3) is 0 Å². The standard InChI is InChI=1S/C13H14O3/c1-8(14)5-9-6-10-3-2-4-11(15)13(10)12(16)7-9/h2-4,6-8,14-16H,5H2,1H3. The van der Waals surface area contributed by atoms with Crippen LogP contribution in [0.1, 0.15) is 12.5 Å². The Hall–Kier alpha value is -1.74. The van der Waals surface area contributed by atoms with Gasteiger partial charge in [-0.15, -0.1) is 0 Å². The lowest BCUT2D eigenvalue weighted by Crippen LogP contribution is -2.03. The maximum absolute atomic E-state index is 9.80. The molecular formula is C13H14O3. The van der Waals surface area contributed by atoms with Crippen molar-refractivity contribution >= 4 is 10.8 Å². The number of aromatic hydroxyl groups is 2. The minimum atomic E-state index is -0.450. The van der Waals surface area contributed by atoms with Crippen molar-refractivity contribution in [2.24, 2.45) is 0 Å². The van der Waals surface area contributed by atoms with Crippen molar-refractivity contribution in [2.75, 3.05) is 0 Å². The molecular weight excluding hydrogens is 204 g/mol. The zero-order valence-electron chi connectivity index (χ0n) is 9.01. The number of benzene rings is 2. The van der Waals surface area contributed by atoms with E-state index in [1.54, 1.807) is 19.1 Å². The van der Waals surface area contributed by atoms with Crippen LogP contribution in [0.4, 0.5) is 0 Å². The topological polar surface area (TPSA) is 60.7 Å². The van der Waals surface area contributed by atoms with E-state index in [4.69, 9.17) is 0 Å². The maximum Gasteiger partial charge on any atom is 0.127 e. The van der Waals surface area contributed by atoms with E-state index in [1.165, 1.54) is 6.07 Å². The molecule has 0 amide bonds. The Morgan fingerprint density at radius 2 is 1.88 bits per heavy atom. The van der Waals surface area contributed by atoms with Gasteiger partial charge >= 0.3 is 0 Å². The van der Waals surface area contributed by atoms with Crippen molar-refractivity contribution in [3.8, 4) is 11.5 Å². The SMILES string of the molecule is CC(O)Cc1cc(O)c2c(O)cccc2c1. The summed E-state index contributed by atoms with van der Waals surface area (Å²) in [5, 5.41) is 29.9. The highest BCUT2D eigenvalue weighted by molar-refractivity contribution is 5.93. The van der Waals surface area contributed by atoms with Crippen molar-refractivity contribution in [3.63, 3.8) is 0 Å². The second-order valence-corrected chi connectivity index (χ2v) is 4.04. The number of rotatable bonds is 2. The summed E-state index contributed by atoms with van der Waals surface area (Å²) in [6.45, 7) is 1.70. The Labute approximate surface area is 93.6 Å². The van der Waals surface area contributed by atoms with Crippen molar-refractivity contribution in [3.05, 3.63) is 35.9 Å². The normalized spacial score (nSPS) is 12.9. The molecule has 84 valence electrons. The van der Waals surface area contributed by atoms with Crippen LogP contribution in [0, 0.1) is 0 Å². The highest BCUT2D eigenvalue weighted by atomic mass is 16.3. The minimum Gasteiger partial charge on any atom is -0.507 e. The summed E-state index contributed by atoms with van der Waals surface area (Å²) < 4.78 is 0. The van der Waals surface area contributed by atoms with Crippen LogP contribution in [0.2, 0.25) is 0 Å². The Balaban J connectivity index is 2.59. The average molecular weight is 218 g/mol. The Morgan fingerprint density at radius 3 is 2.56 bits per heavy atom. The van der Waals surface area contributed by atoms with Gasteiger partial charge in [0.15, 0.2) is 0 Å². The van der Waals surface area contributed by atoms with E-state index in [0.29, 0.717) is 11.8 Å². The molecule has 0 heterocycles. The van der Waals surface area contributed by atoms with E-state index >= 15 is 0 Å². The quantitative estimate of drug-likeness (QED) is 0.724. The third-order valence-electron chi connectivity index (χ3n) is 2.52. The summed E-state index contributed by atoms with van der Waals surface area (Å²) in [4.78, 5) is 0. The van der Waals surface area contributed by atoms with Gasteiger partial charge in [-0.2, -0.15) is 0 Å². The third kappa shape index (κ3) is 1.95. The molecule has 2 aromatic rings. The molecule has 1 unspecified atom stereocenters. The van der Waals surface area contributed by atoms with Crippen LogP contribution >= 0.6 is 0 Å². The number of fused-ring (bicyclic) bond motifs is 1. The molecule has 0 aliphatic heterocycles. The van der Waals surface area contributed by atoms with Crippen LogP contribution in [0.15, 0.2) is 30.3 Å². The van der Waals surface area contributed by atoms with E-state index in [2.05, 4.69) is 0 Å². The van der Waals surface area contributed by atoms with E-state index in [0.717, 1.165) is 10.9 Å². The summed E-state index contributed by atoms with van der Waals surface area (Å²) in [7, 11) is 0. The lowest BCUT2D eigenvalue weighted by Gasteiger charge is -2.09. The molecule has 2 aromatic carbocycles. The number of aliphatic hydroxyl groups excluding tert-OH is 1. The fourth-order valence-corrected chi connectivity index (χ4v) is 1.90. The fraction of sp³-hybridized carbons (Fsp3) is 0.231. The molecule has 0 aliphatic rings. The molecule has 3 heteroatoms. The van der Waals surface area contributed by atoms with E-state index < -0.39 is 6.10 Å². The highest BCUT2D eigenvalue weighted by Crippen LogP contribution is 2.33. The molecule has 0 radical (unpaired) electrons. The predicted octanol–water partition coefficient (Wildman–Crippen LogP) is 2.17. The average Bonchev–Trinajstić information content (AvgIpc) is 2.15. The molecule has 0 aromatic heterocycles. The second-order valence-electron chi connectivity index (χ2n) is 4.04. The first-order chi connectivity index (χ1) is 7.58. The van der Waals surface area contributed by atoms with Gasteiger partial charge in [-0.25, -0.2) is 0 Å². The lowest BCUT2D eigenvalue weighted by molar-refractivity contribution is 0.195. The minimum absolute atomic E-state index is 0.0475. The molecule has 0 bridgehead atoms. The zero-order chi connectivity index (χ0) is 11.7. The predicted molar refractivity (Wildman–Crippen MR) is 62.7 cm³/mol. The molecule has 3 N–H and O–H groups in total. The molecule has 3 nitrogen and oxygen atoms in total. The van der Waals surface area contributed by atoms with Crippen molar-refractivity contribution < 1.29 is 15.3 Å². The molecule has 0 spiro atoms. The monoisotopic (exact) mass is 218 g/mol. The number of hydrogen-bond donors (Lipinski definition) is 3. The Kier molecular flexibility index (Phi) is 2.71. The maximum atomic E-state index is 9.80. The molecule has 0 aliphatic carbocycles. The third-order valence-corrected chi connectivity index (χ3v) is 2.52. The van der Waals surface area contributed by atoms with Crippen LogP contribution in [0.3, 0.4) is 0 Å². The molecule has 0 saturated heterocycles. The summed E-state index contributed by atoms with van der Waals surface area (Å²) >= 11 is 0. The van der Waals surface area contributed by atoms with Crippen LogP contribution in [0.5, 0.6) is 11.5 Å². The van der Waals surface area contributed by atoms with Crippen LogP contribution in [0.25, 0.3) is 10.8 Å². The first kappa shape index (κ1) is 10.8. The van der Waals surface area contributed by atoms with Crippen LogP contribution < -0.4 is 0 Å². The van der Waals surface area contributed by atoms with E-state index in [-0.39, 0.29) is 11.5 Å². The zero-order valence-corrected chi connectivity index (χ0v) is 9.01. The molecule has 1 atom stereocenters. The Morgan fingerprint density at radius 1 is 1.12 bits per heavy atom. The number of phenols is 2. The van der Waals surface area contributed by atoms with Crippen LogP contribution in [-0.4, -0.2) is 21.4 Å². The van der Waals surface area contributed by atoms with E-state index in [9.17, 15) is 15.3 Å². The van der Waals surface area contributed by atoms with Crippen molar-refractivity contribution in [2.45, 2.75) is 19.4 Å². The fourth-order valence-electron chi connectivity index (χ4n) is 1.90. The van der Waals surface area contributed by atoms with Gasteiger partial charge in [-0.05, 0) is 36.4 Å². The summed E-state index contributed by atoms with van der Waals surface area (Å²) in [6.07, 6.45) is 0.0354. The molecule has 0 saturated carbocycles. The second kappa shape index (κ2) is 4.02. The number of aliphatic hydroxyl groups is 1. The summed E-state index contributed by atoms with van der Waals surface area (Å²) in [6, 6.07) is 8.52. The molecule has 16 heavy (non-hydrogen) atoms. The number of phenolic OH excluding ortho intramolecular Hbond substituents is 2. The largest absolute Gasteiger partial charge is 0.507 e. The van der Waals surface area contributed by atoms with Gasteiger partial charge in [0.05, 0.1) is 11.5 Å². The first-order valence-corrected chi connectivity index (χ1v) is 5.19. The summed E-state index contributed by atoms with van der Waals surface area (Å²) in [5.41, 5.74) is 0.852. The van der Waals surface area contributed by atoms with Crippen molar-refractivity contribution in [1.82, 2.24) is 0 Å². The lowest BCUT2D eigenvalue weighted by atomic mass is 10.0. The first-order valence-electron chi connectivity index (χ1n) is 5.19. The van der Waals surface area contributed by atoms with Gasteiger partial charge in [-0.1, -0.05) is 18.2 Å². The number of hydrogen-bond acceptors (Lipinski definition) is 3. The van der Waals surface area contributed by atoms with Gasteiger partial charge in [0.1, 0.15) is 11.5 Å². The smallest absolute Gasteiger partial charge is 0.127 e. The highest BCUT2D eigenvalue weighted by Gasteiger charge is 2.08. The molecule has 2 rings (SSSR count). The summed E-state index contributed by atoms with van der Waals surface area (Å²) in [5.74, 6) is 0.116.